The van der Waals surface area contributed by atoms with Gasteiger partial charge in [-0.1, -0.05) is 30.0 Å². The SMILES string of the molecule is COc1ccc(-c2nnc(SCC(=O)N/N=C(\C)c3ccc([N+](=O)[O-])cc3)n2-c2ccccc2)cc1OC. The van der Waals surface area contributed by atoms with E-state index in [1.54, 1.807) is 39.3 Å². The van der Waals surface area contributed by atoms with Crippen molar-refractivity contribution >= 4 is 29.1 Å². The number of hydrazone groups is 1. The van der Waals surface area contributed by atoms with Crippen molar-refractivity contribution < 1.29 is 19.2 Å². The highest BCUT2D eigenvalue weighted by Gasteiger charge is 2.19. The molecule has 0 radical (unpaired) electrons. The van der Waals surface area contributed by atoms with E-state index in [4.69, 9.17) is 9.47 Å². The van der Waals surface area contributed by atoms with Gasteiger partial charge in [-0.3, -0.25) is 19.5 Å². The summed E-state index contributed by atoms with van der Waals surface area (Å²) in [4.78, 5) is 22.9. The Morgan fingerprint density at radius 1 is 1.03 bits per heavy atom. The molecule has 0 saturated heterocycles. The molecule has 38 heavy (non-hydrogen) atoms. The number of benzene rings is 3. The Balaban J connectivity index is 1.52. The van der Waals surface area contributed by atoms with Crippen molar-refractivity contribution in [1.29, 1.82) is 0 Å². The van der Waals surface area contributed by atoms with Crippen LogP contribution in [-0.4, -0.2) is 51.3 Å². The van der Waals surface area contributed by atoms with E-state index < -0.39 is 4.92 Å². The number of amides is 1. The number of nitrogens with zero attached hydrogens (tertiary/aromatic N) is 5. The Kier molecular flexibility index (Phi) is 8.34. The van der Waals surface area contributed by atoms with Crippen LogP contribution in [0.15, 0.2) is 83.1 Å². The topological polar surface area (TPSA) is 134 Å². The van der Waals surface area contributed by atoms with Crippen molar-refractivity contribution in [1.82, 2.24) is 20.2 Å². The molecule has 3 aromatic carbocycles. The quantitative estimate of drug-likeness (QED) is 0.137. The van der Waals surface area contributed by atoms with Gasteiger partial charge < -0.3 is 9.47 Å². The molecule has 194 valence electrons. The highest BCUT2D eigenvalue weighted by atomic mass is 32.2. The number of rotatable bonds is 10. The summed E-state index contributed by atoms with van der Waals surface area (Å²) in [6, 6.07) is 21.0. The molecule has 1 aromatic heterocycles. The zero-order valence-corrected chi connectivity index (χ0v) is 21.6. The lowest BCUT2D eigenvalue weighted by Gasteiger charge is -2.12. The third kappa shape index (κ3) is 5.98. The van der Waals surface area contributed by atoms with Gasteiger partial charge in [-0.2, -0.15) is 5.10 Å². The number of ether oxygens (including phenoxy) is 2. The van der Waals surface area contributed by atoms with Crippen molar-refractivity contribution in [2.45, 2.75) is 12.1 Å². The number of methoxy groups -OCH3 is 2. The zero-order valence-electron chi connectivity index (χ0n) is 20.8. The van der Waals surface area contributed by atoms with Gasteiger partial charge in [-0.05, 0) is 55.0 Å². The molecule has 0 aliphatic heterocycles. The second-order valence-corrected chi connectivity index (χ2v) is 8.81. The maximum absolute atomic E-state index is 12.6. The summed E-state index contributed by atoms with van der Waals surface area (Å²) in [7, 11) is 3.14. The maximum Gasteiger partial charge on any atom is 0.269 e. The van der Waals surface area contributed by atoms with Crippen LogP contribution in [0.2, 0.25) is 0 Å². The van der Waals surface area contributed by atoms with E-state index in [1.165, 1.54) is 23.9 Å². The summed E-state index contributed by atoms with van der Waals surface area (Å²) in [5, 5.41) is 24.2. The molecule has 1 N–H and O–H groups in total. The Labute approximate surface area is 222 Å². The van der Waals surface area contributed by atoms with Crippen LogP contribution in [0.1, 0.15) is 12.5 Å². The van der Waals surface area contributed by atoms with Crippen molar-refractivity contribution in [2.75, 3.05) is 20.0 Å². The number of thioether (sulfide) groups is 1. The second-order valence-electron chi connectivity index (χ2n) is 7.87. The van der Waals surface area contributed by atoms with Crippen molar-refractivity contribution in [3.63, 3.8) is 0 Å². The number of hydrogen-bond donors (Lipinski definition) is 1. The number of hydrogen-bond acceptors (Lipinski definition) is 9. The van der Waals surface area contributed by atoms with E-state index in [2.05, 4.69) is 20.7 Å². The predicted molar refractivity (Wildman–Crippen MR) is 144 cm³/mol. The molecule has 0 spiro atoms. The van der Waals surface area contributed by atoms with Crippen LogP contribution in [0.5, 0.6) is 11.5 Å². The third-order valence-corrected chi connectivity index (χ3v) is 6.40. The number of para-hydroxylation sites is 1. The molecular weight excluding hydrogens is 508 g/mol. The van der Waals surface area contributed by atoms with Crippen LogP contribution in [0.25, 0.3) is 17.1 Å². The molecule has 0 aliphatic rings. The fourth-order valence-electron chi connectivity index (χ4n) is 3.53. The molecule has 0 fully saturated rings. The molecule has 4 rings (SSSR count). The largest absolute Gasteiger partial charge is 0.493 e. The lowest BCUT2D eigenvalue weighted by Crippen LogP contribution is -2.21. The lowest BCUT2D eigenvalue weighted by molar-refractivity contribution is -0.384. The van der Waals surface area contributed by atoms with Crippen molar-refractivity contribution in [2.24, 2.45) is 5.10 Å². The van der Waals surface area contributed by atoms with Gasteiger partial charge in [0, 0.05) is 23.4 Å². The maximum atomic E-state index is 12.6. The summed E-state index contributed by atoms with van der Waals surface area (Å²) < 4.78 is 12.6. The van der Waals surface area contributed by atoms with Gasteiger partial charge in [-0.15, -0.1) is 10.2 Å². The second kappa shape index (κ2) is 12.0. The summed E-state index contributed by atoms with van der Waals surface area (Å²) in [6.45, 7) is 1.70. The van der Waals surface area contributed by atoms with Crippen LogP contribution >= 0.6 is 11.8 Å². The lowest BCUT2D eigenvalue weighted by atomic mass is 10.1. The minimum Gasteiger partial charge on any atom is -0.493 e. The Morgan fingerprint density at radius 3 is 2.39 bits per heavy atom. The van der Waals surface area contributed by atoms with Gasteiger partial charge >= 0.3 is 0 Å². The van der Waals surface area contributed by atoms with Crippen LogP contribution in [0.3, 0.4) is 0 Å². The molecule has 0 atom stereocenters. The van der Waals surface area contributed by atoms with Gasteiger partial charge in [-0.25, -0.2) is 5.43 Å². The number of non-ortho nitro benzene ring substituents is 1. The van der Waals surface area contributed by atoms with Crippen molar-refractivity contribution in [3.05, 3.63) is 88.5 Å². The first-order chi connectivity index (χ1) is 18.4. The molecule has 12 heteroatoms. The fourth-order valence-corrected chi connectivity index (χ4v) is 4.28. The van der Waals surface area contributed by atoms with E-state index in [0.717, 1.165) is 11.3 Å². The highest BCUT2D eigenvalue weighted by Crippen LogP contribution is 2.34. The summed E-state index contributed by atoms with van der Waals surface area (Å²) in [5.41, 5.74) is 5.27. The zero-order chi connectivity index (χ0) is 27.1. The molecule has 0 unspecified atom stereocenters. The molecule has 1 amide bonds. The number of aromatic nitrogens is 3. The van der Waals surface area contributed by atoms with Gasteiger partial charge in [0.05, 0.1) is 30.6 Å². The van der Waals surface area contributed by atoms with Crippen LogP contribution in [0, 0.1) is 10.1 Å². The minimum atomic E-state index is -0.472. The van der Waals surface area contributed by atoms with E-state index >= 15 is 0 Å². The standard InChI is InChI=1S/C26H24N6O5S/c1-17(18-9-12-21(13-10-18)32(34)35)27-28-24(33)16-38-26-30-29-25(31(26)20-7-5-4-6-8-20)19-11-14-22(36-2)23(15-19)37-3/h4-15H,16H2,1-3H3,(H,28,33)/b27-17+. The van der Waals surface area contributed by atoms with E-state index in [1.807, 2.05) is 47.0 Å². The predicted octanol–water partition coefficient (Wildman–Crippen LogP) is 4.49. The summed E-state index contributed by atoms with van der Waals surface area (Å²) >= 11 is 1.21. The van der Waals surface area contributed by atoms with Crippen LogP contribution in [0.4, 0.5) is 5.69 Å². The molecule has 0 aliphatic carbocycles. The molecule has 0 bridgehead atoms. The van der Waals surface area contributed by atoms with Crippen LogP contribution in [-0.2, 0) is 4.79 Å². The highest BCUT2D eigenvalue weighted by molar-refractivity contribution is 7.99. The summed E-state index contributed by atoms with van der Waals surface area (Å²) in [5.74, 6) is 1.42. The number of carbonyl (C=O) groups is 1. The normalized spacial score (nSPS) is 11.2. The third-order valence-electron chi connectivity index (χ3n) is 5.47. The van der Waals surface area contributed by atoms with Crippen molar-refractivity contribution in [3.8, 4) is 28.6 Å². The van der Waals surface area contributed by atoms with E-state index in [9.17, 15) is 14.9 Å². The van der Waals surface area contributed by atoms with E-state index in [-0.39, 0.29) is 17.3 Å². The first-order valence-corrected chi connectivity index (χ1v) is 12.3. The fraction of sp³-hybridized carbons (Fsp3) is 0.154. The molecule has 1 heterocycles. The Hall–Kier alpha value is -4.71. The number of nitro groups is 1. The monoisotopic (exact) mass is 532 g/mol. The van der Waals surface area contributed by atoms with Gasteiger partial charge in [0.25, 0.3) is 11.6 Å². The molecular formula is C26H24N6O5S. The first kappa shape index (κ1) is 26.4. The summed E-state index contributed by atoms with van der Waals surface area (Å²) in [6.07, 6.45) is 0. The molecule has 11 nitrogen and oxygen atoms in total. The van der Waals surface area contributed by atoms with Crippen LogP contribution < -0.4 is 14.9 Å². The number of nitro benzene ring substituents is 1. The average Bonchev–Trinajstić information content (AvgIpc) is 3.38. The first-order valence-electron chi connectivity index (χ1n) is 11.3. The van der Waals surface area contributed by atoms with Gasteiger partial charge in [0.15, 0.2) is 22.5 Å². The Morgan fingerprint density at radius 2 is 1.74 bits per heavy atom. The molecule has 4 aromatic rings. The average molecular weight is 533 g/mol. The number of carbonyl (C=O) groups excluding carboxylic acids is 1. The smallest absolute Gasteiger partial charge is 0.269 e. The van der Waals surface area contributed by atoms with Gasteiger partial charge in [0.1, 0.15) is 0 Å². The Bertz CT molecular complexity index is 1470. The minimum absolute atomic E-state index is 0.0167. The van der Waals surface area contributed by atoms with Gasteiger partial charge in [0.2, 0.25) is 0 Å². The number of nitrogens with one attached hydrogen (secondary N) is 1. The molecule has 0 saturated carbocycles. The van der Waals surface area contributed by atoms with E-state index in [0.29, 0.717) is 33.8 Å².